The van der Waals surface area contributed by atoms with Crippen LogP contribution in [0.3, 0.4) is 0 Å². The smallest absolute Gasteiger partial charge is 0.248 e. The van der Waals surface area contributed by atoms with E-state index in [1.165, 1.54) is 22.5 Å². The zero-order valence-corrected chi connectivity index (χ0v) is 11.9. The third-order valence-electron chi connectivity index (χ3n) is 3.12. The van der Waals surface area contributed by atoms with Crippen LogP contribution < -0.4 is 11.5 Å². The Morgan fingerprint density at radius 2 is 2.15 bits per heavy atom. The van der Waals surface area contributed by atoms with Crippen LogP contribution in [0, 0.1) is 0 Å². The largest absolute Gasteiger partial charge is 0.398 e. The van der Waals surface area contributed by atoms with E-state index in [0.29, 0.717) is 6.61 Å². The first-order valence-corrected chi connectivity index (χ1v) is 7.57. The van der Waals surface area contributed by atoms with Crippen LogP contribution in [-0.2, 0) is 14.8 Å². The third kappa shape index (κ3) is 2.77. The van der Waals surface area contributed by atoms with Crippen LogP contribution in [0.1, 0.15) is 17.3 Å². The number of hydrogen-bond donors (Lipinski definition) is 2. The number of ether oxygens (including phenoxy) is 1. The van der Waals surface area contributed by atoms with Crippen LogP contribution in [0.4, 0.5) is 5.69 Å². The van der Waals surface area contributed by atoms with E-state index in [1.807, 2.05) is 0 Å². The summed E-state index contributed by atoms with van der Waals surface area (Å²) in [6.07, 6.45) is -0.162. The number of sulfonamides is 1. The first-order chi connectivity index (χ1) is 9.32. The molecule has 1 atom stereocenters. The summed E-state index contributed by atoms with van der Waals surface area (Å²) >= 11 is 0. The second kappa shape index (κ2) is 5.39. The number of carbonyl (C=O) groups is 1. The number of benzene rings is 1. The van der Waals surface area contributed by atoms with Gasteiger partial charge in [-0.25, -0.2) is 8.42 Å². The highest BCUT2D eigenvalue weighted by molar-refractivity contribution is 7.89. The molecule has 0 bridgehead atoms. The number of anilines is 1. The lowest BCUT2D eigenvalue weighted by molar-refractivity contribution is 0.0102. The van der Waals surface area contributed by atoms with E-state index in [0.717, 1.165) is 0 Å². The molecule has 1 aromatic rings. The average molecular weight is 299 g/mol. The lowest BCUT2D eigenvalue weighted by atomic mass is 10.2. The Hall–Kier alpha value is -1.64. The molecule has 1 heterocycles. The van der Waals surface area contributed by atoms with Crippen LogP contribution in [0.2, 0.25) is 0 Å². The van der Waals surface area contributed by atoms with E-state index in [-0.39, 0.29) is 35.3 Å². The maximum atomic E-state index is 12.5. The Balaban J connectivity index is 2.36. The Kier molecular flexibility index (Phi) is 3.98. The number of hydrogen-bond acceptors (Lipinski definition) is 5. The first kappa shape index (κ1) is 14.8. The zero-order chi connectivity index (χ0) is 14.9. The van der Waals surface area contributed by atoms with E-state index in [4.69, 9.17) is 16.2 Å². The molecule has 2 rings (SSSR count). The minimum atomic E-state index is -3.69. The molecule has 0 aromatic heterocycles. The van der Waals surface area contributed by atoms with Gasteiger partial charge < -0.3 is 16.2 Å². The molecule has 0 saturated carbocycles. The molecule has 8 heteroatoms. The van der Waals surface area contributed by atoms with Gasteiger partial charge in [-0.1, -0.05) is 0 Å². The molecule has 1 aromatic carbocycles. The van der Waals surface area contributed by atoms with Gasteiger partial charge in [0.15, 0.2) is 0 Å². The predicted molar refractivity (Wildman–Crippen MR) is 73.5 cm³/mol. The van der Waals surface area contributed by atoms with Crippen LogP contribution in [0.25, 0.3) is 0 Å². The van der Waals surface area contributed by atoms with Gasteiger partial charge in [-0.05, 0) is 25.1 Å². The lowest BCUT2D eigenvalue weighted by Gasteiger charge is -2.30. The van der Waals surface area contributed by atoms with E-state index in [1.54, 1.807) is 6.92 Å². The fourth-order valence-electron chi connectivity index (χ4n) is 2.08. The van der Waals surface area contributed by atoms with E-state index >= 15 is 0 Å². The maximum absolute atomic E-state index is 12.5. The highest BCUT2D eigenvalue weighted by Crippen LogP contribution is 2.25. The van der Waals surface area contributed by atoms with E-state index in [9.17, 15) is 13.2 Å². The molecule has 1 aliphatic rings. The molecule has 7 nitrogen and oxygen atoms in total. The summed E-state index contributed by atoms with van der Waals surface area (Å²) in [5, 5.41) is 0. The molecule has 4 N–H and O–H groups in total. The summed E-state index contributed by atoms with van der Waals surface area (Å²) in [7, 11) is -3.69. The molecule has 1 fully saturated rings. The van der Waals surface area contributed by atoms with Crippen molar-refractivity contribution in [3.63, 3.8) is 0 Å². The number of carbonyl (C=O) groups excluding carboxylic acids is 1. The predicted octanol–water partition coefficient (Wildman–Crippen LogP) is -0.223. The van der Waals surface area contributed by atoms with Gasteiger partial charge in [0.25, 0.3) is 0 Å². The SMILES string of the molecule is CC1CN(S(=O)(=O)c2ccc(C(N)=O)cc2N)CCO1. The van der Waals surface area contributed by atoms with Crippen LogP contribution in [0.15, 0.2) is 23.1 Å². The first-order valence-electron chi connectivity index (χ1n) is 6.13. The van der Waals surface area contributed by atoms with Crippen LogP contribution >= 0.6 is 0 Å². The van der Waals surface area contributed by atoms with Crippen LogP contribution in [0.5, 0.6) is 0 Å². The maximum Gasteiger partial charge on any atom is 0.248 e. The highest BCUT2D eigenvalue weighted by atomic mass is 32.2. The lowest BCUT2D eigenvalue weighted by Crippen LogP contribution is -2.44. The Bertz CT molecular complexity index is 630. The van der Waals surface area contributed by atoms with E-state index < -0.39 is 15.9 Å². The summed E-state index contributed by atoms with van der Waals surface area (Å²) < 4.78 is 31.7. The number of morpholine rings is 1. The van der Waals surface area contributed by atoms with E-state index in [2.05, 4.69) is 0 Å². The van der Waals surface area contributed by atoms with Crippen molar-refractivity contribution in [2.75, 3.05) is 25.4 Å². The number of primary amides is 1. The molecule has 1 aliphatic heterocycles. The van der Waals surface area contributed by atoms with Gasteiger partial charge >= 0.3 is 0 Å². The van der Waals surface area contributed by atoms with Gasteiger partial charge in [0.2, 0.25) is 15.9 Å². The number of rotatable bonds is 3. The van der Waals surface area contributed by atoms with Crippen molar-refractivity contribution in [1.82, 2.24) is 4.31 Å². The topological polar surface area (TPSA) is 116 Å². The zero-order valence-electron chi connectivity index (χ0n) is 11.1. The normalized spacial score (nSPS) is 20.8. The number of nitrogens with zero attached hydrogens (tertiary/aromatic N) is 1. The Labute approximate surface area is 117 Å². The Morgan fingerprint density at radius 3 is 2.70 bits per heavy atom. The molecular weight excluding hydrogens is 282 g/mol. The number of nitrogen functional groups attached to an aromatic ring is 1. The minimum Gasteiger partial charge on any atom is -0.398 e. The standard InChI is InChI=1S/C12H17N3O4S/c1-8-7-15(4-5-19-8)20(17,18)11-3-2-9(12(14)16)6-10(11)13/h2-3,6,8H,4-5,7,13H2,1H3,(H2,14,16). The van der Waals surface area contributed by atoms with Crippen LogP contribution in [-0.4, -0.2) is 44.4 Å². The molecule has 110 valence electrons. The molecule has 1 amide bonds. The van der Waals surface area contributed by atoms with Gasteiger partial charge in [0, 0.05) is 18.7 Å². The fraction of sp³-hybridized carbons (Fsp3) is 0.417. The van der Waals surface area contributed by atoms with Crippen molar-refractivity contribution in [2.45, 2.75) is 17.9 Å². The summed E-state index contributed by atoms with van der Waals surface area (Å²) in [5.41, 5.74) is 11.1. The van der Waals surface area contributed by atoms with Gasteiger partial charge in [0.1, 0.15) is 4.90 Å². The van der Waals surface area contributed by atoms with Gasteiger partial charge in [-0.2, -0.15) is 4.31 Å². The molecule has 0 radical (unpaired) electrons. The highest BCUT2D eigenvalue weighted by Gasteiger charge is 2.30. The van der Waals surface area contributed by atoms with Crippen molar-refractivity contribution in [1.29, 1.82) is 0 Å². The molecule has 1 unspecified atom stereocenters. The summed E-state index contributed by atoms with van der Waals surface area (Å²) in [4.78, 5) is 11.0. The van der Waals surface area contributed by atoms with Crippen molar-refractivity contribution in [2.24, 2.45) is 5.73 Å². The molecule has 0 spiro atoms. The summed E-state index contributed by atoms with van der Waals surface area (Å²) in [6, 6.07) is 3.94. The fourth-order valence-corrected chi connectivity index (χ4v) is 3.68. The van der Waals surface area contributed by atoms with Crippen molar-refractivity contribution < 1.29 is 17.9 Å². The quantitative estimate of drug-likeness (QED) is 0.748. The molecular formula is C12H17N3O4S. The van der Waals surface area contributed by atoms with Gasteiger partial charge in [0.05, 0.1) is 18.4 Å². The second-order valence-electron chi connectivity index (χ2n) is 4.66. The van der Waals surface area contributed by atoms with Gasteiger partial charge in [-0.3, -0.25) is 4.79 Å². The summed E-state index contributed by atoms with van der Waals surface area (Å²) in [5.74, 6) is -0.652. The number of amides is 1. The van der Waals surface area contributed by atoms with Crippen molar-refractivity contribution in [3.05, 3.63) is 23.8 Å². The monoisotopic (exact) mass is 299 g/mol. The van der Waals surface area contributed by atoms with Gasteiger partial charge in [-0.15, -0.1) is 0 Å². The summed E-state index contributed by atoms with van der Waals surface area (Å²) in [6.45, 7) is 2.71. The molecule has 0 aliphatic carbocycles. The third-order valence-corrected chi connectivity index (χ3v) is 5.06. The minimum absolute atomic E-state index is 0.0143. The molecule has 20 heavy (non-hydrogen) atoms. The average Bonchev–Trinajstić information content (AvgIpc) is 2.38. The van der Waals surface area contributed by atoms with Crippen molar-refractivity contribution in [3.8, 4) is 0 Å². The second-order valence-corrected chi connectivity index (χ2v) is 6.57. The number of nitrogens with two attached hydrogens (primary N) is 2. The Morgan fingerprint density at radius 1 is 1.45 bits per heavy atom. The molecule has 1 saturated heterocycles. The van der Waals surface area contributed by atoms with Crippen molar-refractivity contribution >= 4 is 21.6 Å².